The van der Waals surface area contributed by atoms with Crippen molar-refractivity contribution in [1.29, 1.82) is 0 Å². The topological polar surface area (TPSA) is 87.5 Å². The summed E-state index contributed by atoms with van der Waals surface area (Å²) in [5.74, 6) is 2.75. The van der Waals surface area contributed by atoms with E-state index in [2.05, 4.69) is 15.5 Å². The number of nitrogens with one attached hydrogen (secondary N) is 1. The Bertz CT molecular complexity index is 809. The number of hydrogen-bond donors (Lipinski definition) is 1. The van der Waals surface area contributed by atoms with Crippen LogP contribution in [0.15, 0.2) is 23.4 Å². The number of thioether (sulfide) groups is 1. The van der Waals surface area contributed by atoms with E-state index in [0.717, 1.165) is 29.4 Å². The Morgan fingerprint density at radius 3 is 2.58 bits per heavy atom. The highest BCUT2D eigenvalue weighted by molar-refractivity contribution is 7.99. The molecule has 1 amide bonds. The summed E-state index contributed by atoms with van der Waals surface area (Å²) in [7, 11) is 4.63. The van der Waals surface area contributed by atoms with Gasteiger partial charge in [0, 0.05) is 18.4 Å². The van der Waals surface area contributed by atoms with Gasteiger partial charge in [-0.2, -0.15) is 0 Å². The third-order valence-corrected chi connectivity index (χ3v) is 4.88. The molecule has 0 radical (unpaired) electrons. The van der Waals surface area contributed by atoms with Gasteiger partial charge in [0.1, 0.15) is 0 Å². The van der Waals surface area contributed by atoms with Crippen LogP contribution < -0.4 is 19.5 Å². The molecule has 1 aliphatic rings. The summed E-state index contributed by atoms with van der Waals surface area (Å²) >= 11 is 1.64. The van der Waals surface area contributed by atoms with E-state index in [1.165, 1.54) is 6.08 Å². The molecule has 138 valence electrons. The lowest BCUT2D eigenvalue weighted by molar-refractivity contribution is -0.111. The average molecular weight is 376 g/mol. The van der Waals surface area contributed by atoms with E-state index < -0.39 is 0 Å². The molecule has 0 aliphatic carbocycles. The van der Waals surface area contributed by atoms with Crippen molar-refractivity contribution in [2.24, 2.45) is 0 Å². The number of ether oxygens (including phenoxy) is 3. The van der Waals surface area contributed by atoms with Gasteiger partial charge in [-0.1, -0.05) is 11.8 Å². The minimum atomic E-state index is -0.287. The van der Waals surface area contributed by atoms with Crippen molar-refractivity contribution in [1.82, 2.24) is 14.8 Å². The summed E-state index contributed by atoms with van der Waals surface area (Å²) < 4.78 is 17.8. The van der Waals surface area contributed by atoms with Crippen molar-refractivity contribution < 1.29 is 19.0 Å². The maximum absolute atomic E-state index is 12.2. The molecule has 1 aromatic heterocycles. The molecule has 0 unspecified atom stereocenters. The number of carbonyl (C=O) groups excluding carboxylic acids is 1. The van der Waals surface area contributed by atoms with Crippen molar-refractivity contribution in [3.63, 3.8) is 0 Å². The van der Waals surface area contributed by atoms with Crippen molar-refractivity contribution >= 4 is 29.7 Å². The van der Waals surface area contributed by atoms with Crippen LogP contribution in [0.2, 0.25) is 0 Å². The average Bonchev–Trinajstić information content (AvgIpc) is 3.08. The number of nitrogens with zero attached hydrogens (tertiary/aromatic N) is 3. The Hall–Kier alpha value is -2.68. The van der Waals surface area contributed by atoms with Crippen LogP contribution in [0.5, 0.6) is 17.2 Å². The largest absolute Gasteiger partial charge is 0.493 e. The number of carbonyl (C=O) groups is 1. The predicted octanol–water partition coefficient (Wildman–Crippen LogP) is 2.45. The van der Waals surface area contributed by atoms with Gasteiger partial charge in [0.15, 0.2) is 16.7 Å². The van der Waals surface area contributed by atoms with Gasteiger partial charge in [-0.05, 0) is 30.2 Å². The van der Waals surface area contributed by atoms with Crippen molar-refractivity contribution in [2.75, 3.05) is 32.4 Å². The lowest BCUT2D eigenvalue weighted by Crippen LogP contribution is -2.15. The summed E-state index contributed by atoms with van der Waals surface area (Å²) in [6, 6.07) is 3.53. The Morgan fingerprint density at radius 1 is 1.19 bits per heavy atom. The van der Waals surface area contributed by atoms with Crippen molar-refractivity contribution in [3.8, 4) is 17.2 Å². The molecule has 0 bridgehead atoms. The quantitative estimate of drug-likeness (QED) is 0.775. The lowest BCUT2D eigenvalue weighted by Gasteiger charge is -2.13. The summed E-state index contributed by atoms with van der Waals surface area (Å²) in [5, 5.41) is 11.7. The van der Waals surface area contributed by atoms with E-state index in [1.54, 1.807) is 51.3 Å². The van der Waals surface area contributed by atoms with Crippen LogP contribution in [0.1, 0.15) is 12.0 Å². The Morgan fingerprint density at radius 2 is 1.92 bits per heavy atom. The number of methoxy groups -OCH3 is 3. The predicted molar refractivity (Wildman–Crippen MR) is 99.1 cm³/mol. The van der Waals surface area contributed by atoms with E-state index in [1.807, 2.05) is 4.57 Å². The van der Waals surface area contributed by atoms with Crippen LogP contribution in [-0.4, -0.2) is 47.8 Å². The van der Waals surface area contributed by atoms with E-state index >= 15 is 0 Å². The first-order chi connectivity index (χ1) is 12.7. The standard InChI is InChI=1S/C17H20N4O4S/c1-23-12-9-11(10-13(24-2)15(12)25-3)5-6-14(22)18-16-19-20-17-21(16)7-4-8-26-17/h5-6,9-10H,4,7-8H2,1-3H3,(H,18,19,22)/b6-5+. The zero-order valence-electron chi connectivity index (χ0n) is 14.8. The van der Waals surface area contributed by atoms with Crippen molar-refractivity contribution in [3.05, 3.63) is 23.8 Å². The van der Waals surface area contributed by atoms with Gasteiger partial charge < -0.3 is 14.2 Å². The Balaban J connectivity index is 1.75. The molecule has 0 fully saturated rings. The Labute approximate surface area is 155 Å². The summed E-state index contributed by atoms with van der Waals surface area (Å²) in [6.45, 7) is 0.807. The van der Waals surface area contributed by atoms with Crippen LogP contribution in [0.25, 0.3) is 6.08 Å². The number of rotatable bonds is 6. The zero-order valence-corrected chi connectivity index (χ0v) is 15.6. The van der Waals surface area contributed by atoms with Crippen LogP contribution in [0.4, 0.5) is 5.95 Å². The fraction of sp³-hybridized carbons (Fsp3) is 0.353. The van der Waals surface area contributed by atoms with E-state index in [-0.39, 0.29) is 5.91 Å². The van der Waals surface area contributed by atoms with E-state index in [4.69, 9.17) is 14.2 Å². The molecule has 1 aliphatic heterocycles. The Kier molecular flexibility index (Phi) is 5.67. The van der Waals surface area contributed by atoms with Crippen LogP contribution in [0.3, 0.4) is 0 Å². The molecule has 2 aromatic rings. The SMILES string of the molecule is COc1cc(/C=C/C(=O)Nc2nnc3n2CCCS3)cc(OC)c1OC. The third kappa shape index (κ3) is 3.77. The van der Waals surface area contributed by atoms with Crippen LogP contribution >= 0.6 is 11.8 Å². The summed E-state index contributed by atoms with van der Waals surface area (Å²) in [5.41, 5.74) is 0.744. The maximum atomic E-state index is 12.2. The molecule has 0 saturated heterocycles. The second-order valence-electron chi connectivity index (χ2n) is 5.44. The molecule has 26 heavy (non-hydrogen) atoms. The van der Waals surface area contributed by atoms with E-state index in [0.29, 0.717) is 23.2 Å². The molecule has 8 nitrogen and oxygen atoms in total. The number of aromatic nitrogens is 3. The highest BCUT2D eigenvalue weighted by Gasteiger charge is 2.17. The molecule has 0 atom stereocenters. The van der Waals surface area contributed by atoms with E-state index in [9.17, 15) is 4.79 Å². The molecule has 9 heteroatoms. The lowest BCUT2D eigenvalue weighted by atomic mass is 10.1. The number of fused-ring (bicyclic) bond motifs is 1. The number of hydrogen-bond acceptors (Lipinski definition) is 7. The van der Waals surface area contributed by atoms with Gasteiger partial charge in [-0.3, -0.25) is 14.7 Å². The van der Waals surface area contributed by atoms with Crippen LogP contribution in [0, 0.1) is 0 Å². The van der Waals surface area contributed by atoms with Gasteiger partial charge in [0.05, 0.1) is 21.3 Å². The van der Waals surface area contributed by atoms with Crippen LogP contribution in [-0.2, 0) is 11.3 Å². The molecular weight excluding hydrogens is 356 g/mol. The molecule has 2 heterocycles. The second-order valence-corrected chi connectivity index (χ2v) is 6.50. The number of amides is 1. The minimum absolute atomic E-state index is 0.287. The van der Waals surface area contributed by atoms with Crippen molar-refractivity contribution in [2.45, 2.75) is 18.1 Å². The highest BCUT2D eigenvalue weighted by Crippen LogP contribution is 2.38. The van der Waals surface area contributed by atoms with Gasteiger partial charge >= 0.3 is 0 Å². The molecular formula is C17H20N4O4S. The second kappa shape index (κ2) is 8.13. The molecule has 0 saturated carbocycles. The minimum Gasteiger partial charge on any atom is -0.493 e. The molecule has 3 rings (SSSR count). The van der Waals surface area contributed by atoms with Gasteiger partial charge in [0.25, 0.3) is 5.91 Å². The fourth-order valence-corrected chi connectivity index (χ4v) is 3.49. The summed E-state index contributed by atoms with van der Waals surface area (Å²) in [6.07, 6.45) is 4.13. The molecule has 1 N–H and O–H groups in total. The summed E-state index contributed by atoms with van der Waals surface area (Å²) in [4.78, 5) is 12.2. The first-order valence-electron chi connectivity index (χ1n) is 8.01. The van der Waals surface area contributed by atoms with Gasteiger partial charge in [-0.25, -0.2) is 0 Å². The highest BCUT2D eigenvalue weighted by atomic mass is 32.2. The molecule has 0 spiro atoms. The normalized spacial score (nSPS) is 13.3. The van der Waals surface area contributed by atoms with Gasteiger partial charge in [-0.15, -0.1) is 10.2 Å². The third-order valence-electron chi connectivity index (χ3n) is 3.82. The maximum Gasteiger partial charge on any atom is 0.250 e. The number of benzene rings is 1. The first kappa shape index (κ1) is 18.1. The fourth-order valence-electron chi connectivity index (χ4n) is 2.60. The number of anilines is 1. The molecule has 1 aromatic carbocycles. The van der Waals surface area contributed by atoms with Gasteiger partial charge in [0.2, 0.25) is 11.7 Å². The first-order valence-corrected chi connectivity index (χ1v) is 9.00. The monoisotopic (exact) mass is 376 g/mol. The smallest absolute Gasteiger partial charge is 0.250 e. The zero-order chi connectivity index (χ0) is 18.5.